The van der Waals surface area contributed by atoms with Gasteiger partial charge >= 0.3 is 0 Å². The molecule has 0 spiro atoms. The third kappa shape index (κ3) is 4.10. The number of para-hydroxylation sites is 1. The average Bonchev–Trinajstić information content (AvgIpc) is 2.33. The normalized spacial score (nSPS) is 10.6. The summed E-state index contributed by atoms with van der Waals surface area (Å²) in [6.07, 6.45) is 0. The van der Waals surface area contributed by atoms with Crippen molar-refractivity contribution in [3.63, 3.8) is 0 Å². The molecule has 0 aliphatic rings. The molecule has 0 bridgehead atoms. The van der Waals surface area contributed by atoms with E-state index in [0.717, 1.165) is 5.56 Å². The van der Waals surface area contributed by atoms with Crippen molar-refractivity contribution in [2.75, 3.05) is 13.2 Å². The monoisotopic (exact) mass is 246 g/mol. The highest BCUT2D eigenvalue weighted by Crippen LogP contribution is 2.30. The Bertz CT molecular complexity index is 456. The van der Waals surface area contributed by atoms with E-state index < -0.39 is 0 Å². The lowest BCUT2D eigenvalue weighted by Crippen LogP contribution is -2.29. The maximum Gasteiger partial charge on any atom is 0.258 e. The van der Waals surface area contributed by atoms with Gasteiger partial charge in [-0.25, -0.2) is 0 Å². The molecular formula is C14H18N2O2. The van der Waals surface area contributed by atoms with E-state index in [0.29, 0.717) is 5.75 Å². The van der Waals surface area contributed by atoms with Crippen LogP contribution < -0.4 is 10.1 Å². The van der Waals surface area contributed by atoms with Crippen LogP contribution in [0.25, 0.3) is 0 Å². The van der Waals surface area contributed by atoms with E-state index in [1.807, 2.05) is 30.3 Å². The van der Waals surface area contributed by atoms with E-state index in [1.165, 1.54) is 0 Å². The summed E-state index contributed by atoms with van der Waals surface area (Å²) >= 11 is 0. The molecule has 18 heavy (non-hydrogen) atoms. The van der Waals surface area contributed by atoms with Crippen molar-refractivity contribution in [2.45, 2.75) is 26.2 Å². The molecule has 0 unspecified atom stereocenters. The minimum absolute atomic E-state index is 0.00309. The molecule has 4 nitrogen and oxygen atoms in total. The Kier molecular flexibility index (Phi) is 4.73. The van der Waals surface area contributed by atoms with Crippen LogP contribution in [0.1, 0.15) is 26.3 Å². The number of hydrogen-bond donors (Lipinski definition) is 1. The zero-order valence-corrected chi connectivity index (χ0v) is 11.0. The summed E-state index contributed by atoms with van der Waals surface area (Å²) in [5.74, 6) is 0.414. The molecule has 4 heteroatoms. The average molecular weight is 246 g/mol. The van der Waals surface area contributed by atoms with Gasteiger partial charge in [-0.05, 0) is 17.0 Å². The molecule has 0 saturated heterocycles. The standard InChI is InChI=1S/C14H18N2O2/c1-14(2,3)11-6-4-5-7-12(11)18-10-13(17)16-9-8-15/h4-7H,9-10H2,1-3H3,(H,16,17). The molecule has 1 aromatic rings. The van der Waals surface area contributed by atoms with Gasteiger partial charge < -0.3 is 10.1 Å². The second-order valence-electron chi connectivity index (χ2n) is 4.97. The Morgan fingerprint density at radius 1 is 1.39 bits per heavy atom. The Labute approximate surface area is 108 Å². The first kappa shape index (κ1) is 14.0. The number of ether oxygens (including phenoxy) is 1. The van der Waals surface area contributed by atoms with Gasteiger partial charge in [-0.2, -0.15) is 5.26 Å². The fourth-order valence-corrected chi connectivity index (χ4v) is 1.54. The van der Waals surface area contributed by atoms with Crippen LogP contribution >= 0.6 is 0 Å². The summed E-state index contributed by atoms with van der Waals surface area (Å²) < 4.78 is 5.50. The fourth-order valence-electron chi connectivity index (χ4n) is 1.54. The Morgan fingerprint density at radius 3 is 2.67 bits per heavy atom. The first-order chi connectivity index (χ1) is 8.45. The van der Waals surface area contributed by atoms with Gasteiger partial charge in [0.25, 0.3) is 5.91 Å². The lowest BCUT2D eigenvalue weighted by Gasteiger charge is -2.22. The van der Waals surface area contributed by atoms with Crippen LogP contribution in [0.4, 0.5) is 0 Å². The maximum absolute atomic E-state index is 11.3. The molecule has 1 rings (SSSR count). The predicted molar refractivity (Wildman–Crippen MR) is 69.3 cm³/mol. The van der Waals surface area contributed by atoms with Crippen LogP contribution in [0.5, 0.6) is 5.75 Å². The molecule has 0 radical (unpaired) electrons. The van der Waals surface area contributed by atoms with Crippen LogP contribution in [-0.2, 0) is 10.2 Å². The summed E-state index contributed by atoms with van der Waals surface area (Å²) in [5.41, 5.74) is 1.01. The molecule has 1 N–H and O–H groups in total. The highest BCUT2D eigenvalue weighted by molar-refractivity contribution is 5.77. The fraction of sp³-hybridized carbons (Fsp3) is 0.429. The number of carbonyl (C=O) groups excluding carboxylic acids is 1. The minimum Gasteiger partial charge on any atom is -0.483 e. The maximum atomic E-state index is 11.3. The van der Waals surface area contributed by atoms with Crippen LogP contribution in [0.15, 0.2) is 24.3 Å². The van der Waals surface area contributed by atoms with Gasteiger partial charge in [-0.15, -0.1) is 0 Å². The quantitative estimate of drug-likeness (QED) is 0.826. The Morgan fingerprint density at radius 2 is 2.06 bits per heavy atom. The molecule has 96 valence electrons. The number of benzene rings is 1. The van der Waals surface area contributed by atoms with E-state index in [-0.39, 0.29) is 24.5 Å². The largest absolute Gasteiger partial charge is 0.483 e. The molecule has 1 amide bonds. The van der Waals surface area contributed by atoms with E-state index in [4.69, 9.17) is 10.00 Å². The SMILES string of the molecule is CC(C)(C)c1ccccc1OCC(=O)NCC#N. The van der Waals surface area contributed by atoms with Crippen LogP contribution in [0.2, 0.25) is 0 Å². The molecule has 0 aliphatic heterocycles. The topological polar surface area (TPSA) is 62.1 Å². The van der Waals surface area contributed by atoms with Crippen molar-refractivity contribution in [1.29, 1.82) is 5.26 Å². The van der Waals surface area contributed by atoms with Gasteiger partial charge in [0.2, 0.25) is 0 Å². The van der Waals surface area contributed by atoms with Crippen molar-refractivity contribution in [3.8, 4) is 11.8 Å². The molecule has 0 atom stereocenters. The molecular weight excluding hydrogens is 228 g/mol. The van der Waals surface area contributed by atoms with Crippen molar-refractivity contribution in [1.82, 2.24) is 5.32 Å². The first-order valence-corrected chi connectivity index (χ1v) is 5.81. The number of amides is 1. The predicted octanol–water partition coefficient (Wildman–Crippen LogP) is 2.00. The van der Waals surface area contributed by atoms with Crippen LogP contribution in [-0.4, -0.2) is 19.1 Å². The molecule has 1 aromatic carbocycles. The zero-order valence-electron chi connectivity index (χ0n) is 11.0. The zero-order chi connectivity index (χ0) is 13.6. The second kappa shape index (κ2) is 6.06. The molecule has 0 aliphatic carbocycles. The lowest BCUT2D eigenvalue weighted by atomic mass is 9.86. The highest BCUT2D eigenvalue weighted by atomic mass is 16.5. The van der Waals surface area contributed by atoms with E-state index in [2.05, 4.69) is 26.1 Å². The van der Waals surface area contributed by atoms with Gasteiger partial charge in [-0.1, -0.05) is 39.0 Å². The minimum atomic E-state index is -0.291. The van der Waals surface area contributed by atoms with Gasteiger partial charge in [0.1, 0.15) is 12.3 Å². The van der Waals surface area contributed by atoms with Gasteiger partial charge in [-0.3, -0.25) is 4.79 Å². The number of nitriles is 1. The van der Waals surface area contributed by atoms with Crippen molar-refractivity contribution in [2.24, 2.45) is 0 Å². The van der Waals surface area contributed by atoms with Gasteiger partial charge in [0, 0.05) is 0 Å². The third-order valence-electron chi connectivity index (χ3n) is 2.42. The highest BCUT2D eigenvalue weighted by Gasteiger charge is 2.18. The molecule has 0 fully saturated rings. The molecule has 0 aromatic heterocycles. The van der Waals surface area contributed by atoms with E-state index in [1.54, 1.807) is 0 Å². The van der Waals surface area contributed by atoms with Crippen molar-refractivity contribution < 1.29 is 9.53 Å². The Balaban J connectivity index is 2.68. The molecule has 0 saturated carbocycles. The van der Waals surface area contributed by atoms with Crippen LogP contribution in [0.3, 0.4) is 0 Å². The number of nitrogens with one attached hydrogen (secondary N) is 1. The molecule has 0 heterocycles. The van der Waals surface area contributed by atoms with Gasteiger partial charge in [0.05, 0.1) is 6.07 Å². The van der Waals surface area contributed by atoms with E-state index >= 15 is 0 Å². The summed E-state index contributed by atoms with van der Waals surface area (Å²) in [5, 5.41) is 10.8. The summed E-state index contributed by atoms with van der Waals surface area (Å²) in [4.78, 5) is 11.3. The summed E-state index contributed by atoms with van der Waals surface area (Å²) in [6, 6.07) is 9.50. The van der Waals surface area contributed by atoms with Crippen LogP contribution in [0, 0.1) is 11.3 Å². The number of nitrogens with zero attached hydrogens (tertiary/aromatic N) is 1. The second-order valence-corrected chi connectivity index (χ2v) is 4.97. The number of carbonyl (C=O) groups is 1. The first-order valence-electron chi connectivity index (χ1n) is 5.81. The Hall–Kier alpha value is -2.02. The lowest BCUT2D eigenvalue weighted by molar-refractivity contribution is -0.122. The van der Waals surface area contributed by atoms with Crippen molar-refractivity contribution >= 4 is 5.91 Å². The van der Waals surface area contributed by atoms with E-state index in [9.17, 15) is 4.79 Å². The van der Waals surface area contributed by atoms with Gasteiger partial charge in [0.15, 0.2) is 6.61 Å². The summed E-state index contributed by atoms with van der Waals surface area (Å²) in [6.45, 7) is 6.19. The van der Waals surface area contributed by atoms with Crippen molar-refractivity contribution in [3.05, 3.63) is 29.8 Å². The number of hydrogen-bond acceptors (Lipinski definition) is 3. The summed E-state index contributed by atoms with van der Waals surface area (Å²) in [7, 11) is 0. The number of rotatable bonds is 4. The smallest absolute Gasteiger partial charge is 0.258 e. The third-order valence-corrected chi connectivity index (χ3v) is 2.42.